The van der Waals surface area contributed by atoms with Crippen LogP contribution in [-0.2, 0) is 23.2 Å². The van der Waals surface area contributed by atoms with Crippen molar-refractivity contribution in [1.82, 2.24) is 4.90 Å². The van der Waals surface area contributed by atoms with E-state index in [1.165, 1.54) is 21.8 Å². The molecule has 0 bridgehead atoms. The highest BCUT2D eigenvalue weighted by molar-refractivity contribution is 7.12. The number of hydrogen-bond acceptors (Lipinski definition) is 4. The molecule has 1 aromatic rings. The smallest absolute Gasteiger partial charge is 0.243 e. The molecule has 1 N–H and O–H groups in total. The van der Waals surface area contributed by atoms with E-state index in [1.807, 2.05) is 19.9 Å². The number of ether oxygens (including phenoxy) is 1. The average Bonchev–Trinajstić information content (AvgIpc) is 2.84. The van der Waals surface area contributed by atoms with E-state index in [-0.39, 0.29) is 18.1 Å². The number of fused-ring (bicyclic) bond motifs is 2. The van der Waals surface area contributed by atoms with Gasteiger partial charge in [0.1, 0.15) is 5.60 Å². The summed E-state index contributed by atoms with van der Waals surface area (Å²) < 4.78 is 31.7. The summed E-state index contributed by atoms with van der Waals surface area (Å²) in [5, 5.41) is 10.1. The van der Waals surface area contributed by atoms with Crippen molar-refractivity contribution in [2.24, 2.45) is 0 Å². The van der Waals surface area contributed by atoms with E-state index < -0.39 is 12.0 Å². The van der Waals surface area contributed by atoms with E-state index in [4.69, 9.17) is 4.74 Å². The van der Waals surface area contributed by atoms with Crippen molar-refractivity contribution in [3.05, 3.63) is 21.4 Å². The van der Waals surface area contributed by atoms with Crippen molar-refractivity contribution >= 4 is 11.3 Å². The van der Waals surface area contributed by atoms with Gasteiger partial charge in [0.2, 0.25) is 6.43 Å². The van der Waals surface area contributed by atoms with E-state index in [0.717, 1.165) is 30.7 Å². The minimum Gasteiger partial charge on any atom is -0.389 e. The van der Waals surface area contributed by atoms with Gasteiger partial charge in [0, 0.05) is 35.3 Å². The van der Waals surface area contributed by atoms with Gasteiger partial charge in [-0.3, -0.25) is 4.90 Å². The third-order valence-electron chi connectivity index (χ3n) is 5.02. The second-order valence-electron chi connectivity index (χ2n) is 7.84. The van der Waals surface area contributed by atoms with Crippen LogP contribution in [0, 0.1) is 0 Å². The molecule has 1 aromatic heterocycles. The van der Waals surface area contributed by atoms with Gasteiger partial charge in [-0.25, -0.2) is 8.78 Å². The van der Waals surface area contributed by atoms with E-state index >= 15 is 0 Å². The molecule has 0 saturated carbocycles. The zero-order valence-corrected chi connectivity index (χ0v) is 15.5. The normalized spacial score (nSPS) is 28.5. The highest BCUT2D eigenvalue weighted by Gasteiger charge is 2.45. The van der Waals surface area contributed by atoms with E-state index in [9.17, 15) is 13.9 Å². The minimum atomic E-state index is -2.30. The lowest BCUT2D eigenvalue weighted by Crippen LogP contribution is -2.53. The van der Waals surface area contributed by atoms with Crippen LogP contribution in [0.25, 0.3) is 0 Å². The van der Waals surface area contributed by atoms with Crippen LogP contribution in [0.5, 0.6) is 0 Å². The Morgan fingerprint density at radius 2 is 2.25 bits per heavy atom. The molecule has 3 nitrogen and oxygen atoms in total. The highest BCUT2D eigenvalue weighted by Crippen LogP contribution is 2.47. The Morgan fingerprint density at radius 3 is 2.88 bits per heavy atom. The summed E-state index contributed by atoms with van der Waals surface area (Å²) in [6, 6.07) is 2.25. The number of nitrogens with zero attached hydrogens (tertiary/aromatic N) is 1. The molecule has 2 aliphatic rings. The fraction of sp³-hybridized carbons (Fsp3) is 0.778. The maximum Gasteiger partial charge on any atom is 0.243 e. The Hall–Kier alpha value is -0.560. The number of aliphatic hydroxyl groups is 1. The zero-order valence-electron chi connectivity index (χ0n) is 14.6. The fourth-order valence-corrected chi connectivity index (χ4v) is 5.45. The molecule has 3 rings (SSSR count). The van der Waals surface area contributed by atoms with Gasteiger partial charge in [-0.1, -0.05) is 0 Å². The Kier molecular flexibility index (Phi) is 5.04. The molecular formula is C18H27F2NO2S. The van der Waals surface area contributed by atoms with Gasteiger partial charge in [0.15, 0.2) is 0 Å². The van der Waals surface area contributed by atoms with Gasteiger partial charge in [-0.05, 0) is 51.7 Å². The van der Waals surface area contributed by atoms with Crippen molar-refractivity contribution in [3.8, 4) is 0 Å². The molecule has 0 unspecified atom stereocenters. The van der Waals surface area contributed by atoms with Gasteiger partial charge in [-0.15, -0.1) is 11.3 Å². The van der Waals surface area contributed by atoms with E-state index in [2.05, 4.69) is 11.8 Å². The van der Waals surface area contributed by atoms with Crippen LogP contribution in [-0.4, -0.2) is 47.8 Å². The molecule has 2 atom stereocenters. The molecule has 0 radical (unpaired) electrons. The molecule has 1 saturated heterocycles. The number of likely N-dealkylation sites (tertiary alicyclic amines) is 1. The first kappa shape index (κ1) is 18.2. The SMILES string of the molecule is C[C@H]1C[C@@]2(CCN1CC(C)(C)O)OCCc1cc(CC(F)F)sc12. The van der Waals surface area contributed by atoms with Crippen molar-refractivity contribution in [2.75, 3.05) is 19.7 Å². The molecule has 136 valence electrons. The molecule has 3 heterocycles. The molecule has 0 aromatic carbocycles. The average molecular weight is 359 g/mol. The zero-order chi connectivity index (χ0) is 17.5. The summed E-state index contributed by atoms with van der Waals surface area (Å²) in [6.45, 7) is 7.98. The number of thiophene rings is 1. The summed E-state index contributed by atoms with van der Waals surface area (Å²) in [4.78, 5) is 4.24. The summed E-state index contributed by atoms with van der Waals surface area (Å²) in [6.07, 6.45) is 0.0708. The lowest BCUT2D eigenvalue weighted by Gasteiger charge is -2.48. The Balaban J connectivity index is 1.80. The van der Waals surface area contributed by atoms with Crippen LogP contribution < -0.4 is 0 Å². The van der Waals surface area contributed by atoms with Gasteiger partial charge >= 0.3 is 0 Å². The predicted octanol–water partition coefficient (Wildman–Crippen LogP) is 3.58. The topological polar surface area (TPSA) is 32.7 Å². The molecule has 0 aliphatic carbocycles. The van der Waals surface area contributed by atoms with Gasteiger partial charge in [0.05, 0.1) is 12.2 Å². The first-order valence-electron chi connectivity index (χ1n) is 8.69. The first-order chi connectivity index (χ1) is 11.2. The predicted molar refractivity (Wildman–Crippen MR) is 91.9 cm³/mol. The number of rotatable bonds is 4. The minimum absolute atomic E-state index is 0.159. The molecule has 2 aliphatic heterocycles. The third-order valence-corrected chi connectivity index (χ3v) is 6.41. The van der Waals surface area contributed by atoms with Crippen molar-refractivity contribution in [1.29, 1.82) is 0 Å². The van der Waals surface area contributed by atoms with E-state index in [0.29, 0.717) is 13.2 Å². The summed E-state index contributed by atoms with van der Waals surface area (Å²) in [5.41, 5.74) is 0.156. The first-order valence-corrected chi connectivity index (χ1v) is 9.51. The molecular weight excluding hydrogens is 332 g/mol. The quantitative estimate of drug-likeness (QED) is 0.892. The number of alkyl halides is 2. The van der Waals surface area contributed by atoms with Crippen LogP contribution in [0.2, 0.25) is 0 Å². The third kappa shape index (κ3) is 3.82. The second kappa shape index (κ2) is 6.63. The van der Waals surface area contributed by atoms with E-state index in [1.54, 1.807) is 0 Å². The molecule has 24 heavy (non-hydrogen) atoms. The Morgan fingerprint density at radius 1 is 1.50 bits per heavy atom. The van der Waals surface area contributed by atoms with Crippen molar-refractivity contribution in [2.45, 2.75) is 70.1 Å². The lowest BCUT2D eigenvalue weighted by atomic mass is 9.81. The standard InChI is InChI=1S/C18H27F2NO2S/c1-12-10-18(5-6-21(12)11-17(2,3)22)16-13(4-7-23-18)8-14(24-16)9-15(19)20/h8,12,15,22H,4-7,9-11H2,1-3H3/t12-,18+/m0/s1. The van der Waals surface area contributed by atoms with Crippen molar-refractivity contribution < 1.29 is 18.6 Å². The maximum absolute atomic E-state index is 12.7. The summed E-state index contributed by atoms with van der Waals surface area (Å²) in [7, 11) is 0. The Bertz CT molecular complexity index is 584. The van der Waals surface area contributed by atoms with Gasteiger partial charge in [-0.2, -0.15) is 0 Å². The van der Waals surface area contributed by atoms with Crippen LogP contribution in [0.15, 0.2) is 6.07 Å². The lowest BCUT2D eigenvalue weighted by molar-refractivity contribution is -0.117. The maximum atomic E-state index is 12.7. The van der Waals surface area contributed by atoms with Crippen LogP contribution in [0.3, 0.4) is 0 Å². The molecule has 1 spiro atoms. The van der Waals surface area contributed by atoms with Crippen molar-refractivity contribution in [3.63, 3.8) is 0 Å². The largest absolute Gasteiger partial charge is 0.389 e. The second-order valence-corrected chi connectivity index (χ2v) is 8.98. The molecule has 1 fully saturated rings. The number of halogens is 2. The molecule has 0 amide bonds. The van der Waals surface area contributed by atoms with Crippen LogP contribution in [0.4, 0.5) is 8.78 Å². The number of hydrogen-bond donors (Lipinski definition) is 1. The summed E-state index contributed by atoms with van der Waals surface area (Å²) in [5.74, 6) is 0. The van der Waals surface area contributed by atoms with Gasteiger partial charge in [0.25, 0.3) is 0 Å². The van der Waals surface area contributed by atoms with Crippen LogP contribution in [0.1, 0.15) is 48.9 Å². The monoisotopic (exact) mass is 359 g/mol. The number of piperidine rings is 1. The molecule has 6 heteroatoms. The van der Waals surface area contributed by atoms with Crippen LogP contribution >= 0.6 is 11.3 Å². The highest BCUT2D eigenvalue weighted by atomic mass is 32.1. The van der Waals surface area contributed by atoms with Gasteiger partial charge < -0.3 is 9.84 Å². The Labute approximate surface area is 146 Å². The summed E-state index contributed by atoms with van der Waals surface area (Å²) >= 11 is 1.51. The number of β-amino-alcohol motifs (C(OH)–C–C–N with tert-alkyl or cyclic N) is 1. The fourth-order valence-electron chi connectivity index (χ4n) is 4.05.